The lowest BCUT2D eigenvalue weighted by Gasteiger charge is -2.34. The number of ether oxygens (including phenoxy) is 1. The first kappa shape index (κ1) is 17.8. The van der Waals surface area contributed by atoms with Crippen molar-refractivity contribution in [1.29, 1.82) is 5.26 Å². The Labute approximate surface area is 153 Å². The highest BCUT2D eigenvalue weighted by atomic mass is 16.5. The average Bonchev–Trinajstić information content (AvgIpc) is 2.70. The summed E-state index contributed by atoms with van der Waals surface area (Å²) < 4.78 is 5.41. The Balaban J connectivity index is 1.67. The maximum Gasteiger partial charge on any atom is 0.321 e. The number of nitrogens with zero attached hydrogens (tertiary/aromatic N) is 2. The van der Waals surface area contributed by atoms with Crippen LogP contribution in [-0.4, -0.2) is 37.2 Å². The third-order valence-corrected chi connectivity index (χ3v) is 4.32. The molecule has 0 aliphatic carbocycles. The molecule has 0 saturated carbocycles. The number of hydrogen-bond donors (Lipinski definition) is 2. The summed E-state index contributed by atoms with van der Waals surface area (Å²) >= 11 is 0. The van der Waals surface area contributed by atoms with E-state index in [1.807, 2.05) is 25.1 Å². The van der Waals surface area contributed by atoms with Gasteiger partial charge < -0.3 is 20.3 Å². The summed E-state index contributed by atoms with van der Waals surface area (Å²) in [5.41, 5.74) is 2.16. The van der Waals surface area contributed by atoms with Crippen LogP contribution in [0.3, 0.4) is 0 Å². The standard InChI is InChI=1S/C20H22N4O2/c1-2-26-19-9-8-17(12-16(19)13-21)23-20(25)24-11-10-22-18(14-24)15-6-4-3-5-7-15/h3-9,12,18,22H,2,10-11,14H2,1H3,(H,23,25). The molecular formula is C20H22N4O2. The van der Waals surface area contributed by atoms with Crippen LogP contribution in [0.4, 0.5) is 10.5 Å². The number of benzene rings is 2. The van der Waals surface area contributed by atoms with Crippen molar-refractivity contribution >= 4 is 11.7 Å². The first-order chi connectivity index (χ1) is 12.7. The molecule has 1 heterocycles. The number of urea groups is 1. The fraction of sp³-hybridized carbons (Fsp3) is 0.300. The van der Waals surface area contributed by atoms with Gasteiger partial charge in [-0.2, -0.15) is 5.26 Å². The molecule has 1 aliphatic heterocycles. The van der Waals surface area contributed by atoms with Crippen LogP contribution in [-0.2, 0) is 0 Å². The van der Waals surface area contributed by atoms with Gasteiger partial charge in [0.1, 0.15) is 11.8 Å². The van der Waals surface area contributed by atoms with Crippen molar-refractivity contribution in [2.45, 2.75) is 13.0 Å². The van der Waals surface area contributed by atoms with E-state index in [4.69, 9.17) is 4.74 Å². The van der Waals surface area contributed by atoms with E-state index in [9.17, 15) is 10.1 Å². The van der Waals surface area contributed by atoms with E-state index in [1.54, 1.807) is 23.1 Å². The first-order valence-electron chi connectivity index (χ1n) is 8.72. The largest absolute Gasteiger partial charge is 0.492 e. The fourth-order valence-electron chi connectivity index (χ4n) is 3.02. The number of nitrogens with one attached hydrogen (secondary N) is 2. The highest BCUT2D eigenvalue weighted by Gasteiger charge is 2.24. The van der Waals surface area contributed by atoms with Crippen molar-refractivity contribution in [2.75, 3.05) is 31.6 Å². The van der Waals surface area contributed by atoms with Crippen LogP contribution in [0, 0.1) is 11.3 Å². The normalized spacial score (nSPS) is 16.6. The van der Waals surface area contributed by atoms with Crippen molar-refractivity contribution in [3.05, 3.63) is 59.7 Å². The van der Waals surface area contributed by atoms with Crippen molar-refractivity contribution < 1.29 is 9.53 Å². The molecule has 2 amide bonds. The summed E-state index contributed by atoms with van der Waals surface area (Å²) in [7, 11) is 0. The Kier molecular flexibility index (Phi) is 5.72. The fourth-order valence-corrected chi connectivity index (χ4v) is 3.02. The van der Waals surface area contributed by atoms with Gasteiger partial charge in [-0.1, -0.05) is 30.3 Å². The van der Waals surface area contributed by atoms with Gasteiger partial charge in [0.15, 0.2) is 0 Å². The quantitative estimate of drug-likeness (QED) is 0.888. The summed E-state index contributed by atoms with van der Waals surface area (Å²) in [6.45, 7) is 4.32. The molecule has 0 bridgehead atoms. The van der Waals surface area contributed by atoms with E-state index in [-0.39, 0.29) is 12.1 Å². The van der Waals surface area contributed by atoms with E-state index in [2.05, 4.69) is 28.8 Å². The second-order valence-corrected chi connectivity index (χ2v) is 6.05. The van der Waals surface area contributed by atoms with Crippen molar-refractivity contribution in [2.24, 2.45) is 0 Å². The molecule has 6 heteroatoms. The molecule has 3 rings (SSSR count). The zero-order valence-corrected chi connectivity index (χ0v) is 14.7. The molecule has 1 unspecified atom stereocenters. The van der Waals surface area contributed by atoms with Crippen molar-refractivity contribution in [1.82, 2.24) is 10.2 Å². The van der Waals surface area contributed by atoms with Gasteiger partial charge in [0.05, 0.1) is 18.2 Å². The van der Waals surface area contributed by atoms with E-state index < -0.39 is 0 Å². The van der Waals surface area contributed by atoms with Crippen LogP contribution in [0.1, 0.15) is 24.1 Å². The van der Waals surface area contributed by atoms with Crippen LogP contribution in [0.2, 0.25) is 0 Å². The number of nitriles is 1. The minimum Gasteiger partial charge on any atom is -0.492 e. The summed E-state index contributed by atoms with van der Waals surface area (Å²) in [6, 6.07) is 17.3. The van der Waals surface area contributed by atoms with E-state index in [0.717, 1.165) is 12.1 Å². The second-order valence-electron chi connectivity index (χ2n) is 6.05. The molecule has 26 heavy (non-hydrogen) atoms. The summed E-state index contributed by atoms with van der Waals surface area (Å²) in [5, 5.41) is 15.6. The van der Waals surface area contributed by atoms with Crippen LogP contribution in [0.15, 0.2) is 48.5 Å². The maximum absolute atomic E-state index is 12.6. The predicted molar refractivity (Wildman–Crippen MR) is 100 cm³/mol. The molecule has 0 radical (unpaired) electrons. The predicted octanol–water partition coefficient (Wildman–Crippen LogP) is 3.14. The molecule has 0 aromatic heterocycles. The van der Waals surface area contributed by atoms with Gasteiger partial charge in [0.2, 0.25) is 0 Å². The van der Waals surface area contributed by atoms with Gasteiger partial charge in [0, 0.05) is 25.3 Å². The molecule has 0 spiro atoms. The lowest BCUT2D eigenvalue weighted by molar-refractivity contribution is 0.190. The smallest absolute Gasteiger partial charge is 0.321 e. The molecule has 1 atom stereocenters. The molecule has 1 aliphatic rings. The zero-order valence-electron chi connectivity index (χ0n) is 14.7. The van der Waals surface area contributed by atoms with E-state index >= 15 is 0 Å². The highest BCUT2D eigenvalue weighted by molar-refractivity contribution is 5.89. The Morgan fingerprint density at radius 2 is 2.15 bits per heavy atom. The lowest BCUT2D eigenvalue weighted by atomic mass is 10.0. The van der Waals surface area contributed by atoms with Crippen LogP contribution < -0.4 is 15.4 Å². The topological polar surface area (TPSA) is 77.4 Å². The van der Waals surface area contributed by atoms with Crippen LogP contribution >= 0.6 is 0 Å². The molecule has 2 N–H and O–H groups in total. The number of hydrogen-bond acceptors (Lipinski definition) is 4. The maximum atomic E-state index is 12.6. The monoisotopic (exact) mass is 350 g/mol. The Morgan fingerprint density at radius 1 is 1.35 bits per heavy atom. The van der Waals surface area contributed by atoms with Crippen LogP contribution in [0.25, 0.3) is 0 Å². The number of carbonyl (C=O) groups is 1. The molecular weight excluding hydrogens is 328 g/mol. The first-order valence-corrected chi connectivity index (χ1v) is 8.72. The summed E-state index contributed by atoms with van der Waals surface area (Å²) in [5.74, 6) is 0.527. The number of carbonyl (C=O) groups excluding carboxylic acids is 1. The van der Waals surface area contributed by atoms with Gasteiger partial charge >= 0.3 is 6.03 Å². The van der Waals surface area contributed by atoms with Gasteiger partial charge in [-0.05, 0) is 30.7 Å². The van der Waals surface area contributed by atoms with Crippen molar-refractivity contribution in [3.63, 3.8) is 0 Å². The Bertz CT molecular complexity index is 801. The number of piperazine rings is 1. The summed E-state index contributed by atoms with van der Waals surface area (Å²) in [6.07, 6.45) is 0. The van der Waals surface area contributed by atoms with Gasteiger partial charge in [-0.3, -0.25) is 0 Å². The third-order valence-electron chi connectivity index (χ3n) is 4.32. The van der Waals surface area contributed by atoms with Gasteiger partial charge in [0.25, 0.3) is 0 Å². The SMILES string of the molecule is CCOc1ccc(NC(=O)N2CCNC(c3ccccc3)C2)cc1C#N. The molecule has 2 aromatic rings. The zero-order chi connectivity index (χ0) is 18.4. The van der Waals surface area contributed by atoms with E-state index in [1.165, 1.54) is 0 Å². The number of rotatable bonds is 4. The molecule has 2 aromatic carbocycles. The van der Waals surface area contributed by atoms with Gasteiger partial charge in [-0.15, -0.1) is 0 Å². The molecule has 134 valence electrons. The third kappa shape index (κ3) is 4.13. The molecule has 1 fully saturated rings. The number of amides is 2. The van der Waals surface area contributed by atoms with E-state index in [0.29, 0.717) is 36.7 Å². The lowest BCUT2D eigenvalue weighted by Crippen LogP contribution is -2.49. The average molecular weight is 350 g/mol. The Morgan fingerprint density at radius 3 is 2.88 bits per heavy atom. The minimum atomic E-state index is -0.166. The van der Waals surface area contributed by atoms with Crippen molar-refractivity contribution in [3.8, 4) is 11.8 Å². The minimum absolute atomic E-state index is 0.116. The Hall–Kier alpha value is -3.04. The van der Waals surface area contributed by atoms with Gasteiger partial charge in [-0.25, -0.2) is 4.79 Å². The molecule has 1 saturated heterocycles. The highest BCUT2D eigenvalue weighted by Crippen LogP contribution is 2.23. The second kappa shape index (κ2) is 8.37. The molecule has 6 nitrogen and oxygen atoms in total. The number of anilines is 1. The van der Waals surface area contributed by atoms with Crippen LogP contribution in [0.5, 0.6) is 5.75 Å². The summed E-state index contributed by atoms with van der Waals surface area (Å²) in [4.78, 5) is 14.4.